The van der Waals surface area contributed by atoms with E-state index in [1.807, 2.05) is 45.9 Å². The van der Waals surface area contributed by atoms with Crippen LogP contribution in [0.2, 0.25) is 0 Å². The van der Waals surface area contributed by atoms with E-state index in [2.05, 4.69) is 18.0 Å². The number of rotatable bonds is 6. The lowest BCUT2D eigenvalue weighted by atomic mass is 9.70. The summed E-state index contributed by atoms with van der Waals surface area (Å²) in [5, 5.41) is 0. The highest BCUT2D eigenvalue weighted by Crippen LogP contribution is 2.58. The van der Waals surface area contributed by atoms with Crippen LogP contribution in [0.15, 0.2) is 30.0 Å². The van der Waals surface area contributed by atoms with Gasteiger partial charge in [-0.15, -0.1) is 0 Å². The van der Waals surface area contributed by atoms with Gasteiger partial charge in [-0.25, -0.2) is 0 Å². The summed E-state index contributed by atoms with van der Waals surface area (Å²) in [5.41, 5.74) is 1.23. The lowest BCUT2D eigenvalue weighted by Crippen LogP contribution is -2.50. The van der Waals surface area contributed by atoms with Gasteiger partial charge in [0.2, 0.25) is 0 Å². The first kappa shape index (κ1) is 23.6. The molecular weight excluding hydrogens is 366 g/mol. The summed E-state index contributed by atoms with van der Waals surface area (Å²) in [5.74, 6) is 4.41. The molecule has 164 valence electrons. The first-order chi connectivity index (χ1) is 14.0. The fourth-order valence-electron chi connectivity index (χ4n) is 4.41. The van der Waals surface area contributed by atoms with Crippen molar-refractivity contribution in [2.75, 3.05) is 28.4 Å². The lowest BCUT2D eigenvalue weighted by molar-refractivity contribution is -0.00506. The summed E-state index contributed by atoms with van der Waals surface area (Å²) in [6.45, 7) is 8.79. The van der Waals surface area contributed by atoms with Crippen molar-refractivity contribution < 1.29 is 18.9 Å². The van der Waals surface area contributed by atoms with E-state index in [1.54, 1.807) is 21.3 Å². The number of hydrogen-bond donors (Lipinski definition) is 0. The second-order valence-corrected chi connectivity index (χ2v) is 7.70. The van der Waals surface area contributed by atoms with Gasteiger partial charge in [-0.2, -0.15) is 0 Å². The molecule has 29 heavy (non-hydrogen) atoms. The third-order valence-corrected chi connectivity index (χ3v) is 6.31. The van der Waals surface area contributed by atoms with Crippen molar-refractivity contribution in [1.82, 2.24) is 4.90 Å². The van der Waals surface area contributed by atoms with E-state index in [0.29, 0.717) is 18.2 Å². The van der Waals surface area contributed by atoms with Gasteiger partial charge >= 0.3 is 0 Å². The van der Waals surface area contributed by atoms with Crippen molar-refractivity contribution in [3.05, 3.63) is 35.6 Å². The maximum absolute atomic E-state index is 5.64. The number of fused-ring (bicyclic) bond motifs is 3. The molecule has 0 spiro atoms. The minimum absolute atomic E-state index is 0.592. The van der Waals surface area contributed by atoms with Gasteiger partial charge in [0.15, 0.2) is 0 Å². The minimum Gasteiger partial charge on any atom is -0.502 e. The molecule has 0 aromatic heterocycles. The molecule has 2 saturated carbocycles. The number of allylic oxidation sites excluding steroid dienone is 2. The van der Waals surface area contributed by atoms with Gasteiger partial charge in [-0.3, -0.25) is 4.90 Å². The fourth-order valence-corrected chi connectivity index (χ4v) is 4.41. The van der Waals surface area contributed by atoms with Crippen LogP contribution in [0.25, 0.3) is 0 Å². The molecule has 1 aromatic rings. The Balaban J connectivity index is 0.000000325. The maximum atomic E-state index is 5.64. The highest BCUT2D eigenvalue weighted by molar-refractivity contribution is 5.40. The van der Waals surface area contributed by atoms with Crippen molar-refractivity contribution in [2.45, 2.75) is 65.3 Å². The molecule has 0 bridgehead atoms. The average Bonchev–Trinajstić information content (AvgIpc) is 3.45. The number of epoxide rings is 1. The van der Waals surface area contributed by atoms with Crippen LogP contribution in [0, 0.1) is 11.8 Å². The maximum Gasteiger partial charge on any atom is 0.127 e. The second-order valence-electron chi connectivity index (χ2n) is 7.70. The Kier molecular flexibility index (Phi) is 8.84. The van der Waals surface area contributed by atoms with Crippen LogP contribution in [-0.4, -0.2) is 51.5 Å². The van der Waals surface area contributed by atoms with E-state index in [1.165, 1.54) is 18.4 Å². The molecular formula is C24H39NO4. The second kappa shape index (κ2) is 10.9. The molecule has 1 aliphatic heterocycles. The van der Waals surface area contributed by atoms with Crippen molar-refractivity contribution in [2.24, 2.45) is 11.8 Å². The summed E-state index contributed by atoms with van der Waals surface area (Å²) in [7, 11) is 7.30. The quantitative estimate of drug-likeness (QED) is 0.498. The standard InChI is InChI=1S/C17H23NO3.C5H10O.C2H6/c1-18(14-7-13-12(14)8-16-17(13)21-16)9-10-4-5-11(19-2)6-15(10)20-3;1-4-5(2)6-3;1-2/h4-6,12-14,16-17H,7-9H2,1-3H3;4H,1-3H3;1-2H3/b;5-4+;/t12-,13-,14?,16?,17?;;/m1../s1. The largest absolute Gasteiger partial charge is 0.502 e. The normalized spacial score (nSPS) is 28.6. The van der Waals surface area contributed by atoms with Gasteiger partial charge in [0.1, 0.15) is 11.5 Å². The zero-order chi connectivity index (χ0) is 21.6. The van der Waals surface area contributed by atoms with Crippen LogP contribution in [-0.2, 0) is 16.0 Å². The van der Waals surface area contributed by atoms with Crippen molar-refractivity contribution in [3.63, 3.8) is 0 Å². The third kappa shape index (κ3) is 5.46. The molecule has 1 heterocycles. The molecule has 0 N–H and O–H groups in total. The average molecular weight is 406 g/mol. The van der Waals surface area contributed by atoms with E-state index >= 15 is 0 Å². The summed E-state index contributed by atoms with van der Waals surface area (Å²) in [4.78, 5) is 2.48. The van der Waals surface area contributed by atoms with Crippen LogP contribution in [0.3, 0.4) is 0 Å². The summed E-state index contributed by atoms with van der Waals surface area (Å²) < 4.78 is 21.2. The van der Waals surface area contributed by atoms with Gasteiger partial charge in [-0.05, 0) is 51.6 Å². The number of ether oxygens (including phenoxy) is 4. The molecule has 1 aromatic carbocycles. The summed E-state index contributed by atoms with van der Waals surface area (Å²) in [6, 6.07) is 6.79. The zero-order valence-corrected chi connectivity index (χ0v) is 19.4. The molecule has 4 rings (SSSR count). The van der Waals surface area contributed by atoms with Gasteiger partial charge < -0.3 is 18.9 Å². The lowest BCUT2D eigenvalue weighted by Gasteiger charge is -2.46. The fraction of sp³-hybridized carbons (Fsp3) is 0.667. The first-order valence-corrected chi connectivity index (χ1v) is 10.8. The first-order valence-electron chi connectivity index (χ1n) is 10.8. The summed E-state index contributed by atoms with van der Waals surface area (Å²) in [6.07, 6.45) is 5.68. The smallest absolute Gasteiger partial charge is 0.127 e. The Labute approximate surface area is 177 Å². The molecule has 3 unspecified atom stereocenters. The molecule has 3 fully saturated rings. The van der Waals surface area contributed by atoms with Gasteiger partial charge in [0, 0.05) is 24.2 Å². The molecule has 0 radical (unpaired) electrons. The van der Waals surface area contributed by atoms with Crippen molar-refractivity contribution in [1.29, 1.82) is 0 Å². The Bertz CT molecular complexity index is 675. The van der Waals surface area contributed by atoms with Gasteiger partial charge in [0.25, 0.3) is 0 Å². The Morgan fingerprint density at radius 3 is 2.38 bits per heavy atom. The number of hydrogen-bond acceptors (Lipinski definition) is 5. The monoisotopic (exact) mass is 405 g/mol. The van der Waals surface area contributed by atoms with E-state index < -0.39 is 0 Å². The molecule has 3 aliphatic rings. The number of nitrogens with zero attached hydrogens (tertiary/aromatic N) is 1. The topological polar surface area (TPSA) is 43.5 Å². The predicted molar refractivity (Wildman–Crippen MR) is 117 cm³/mol. The highest BCUT2D eigenvalue weighted by atomic mass is 16.6. The Morgan fingerprint density at radius 1 is 1.14 bits per heavy atom. The number of methoxy groups -OCH3 is 3. The molecule has 5 atom stereocenters. The van der Waals surface area contributed by atoms with E-state index in [4.69, 9.17) is 18.9 Å². The van der Waals surface area contributed by atoms with E-state index in [9.17, 15) is 0 Å². The van der Waals surface area contributed by atoms with Crippen LogP contribution in [0.1, 0.15) is 46.1 Å². The zero-order valence-electron chi connectivity index (χ0n) is 19.4. The molecule has 0 amide bonds. The predicted octanol–water partition coefficient (Wildman–Crippen LogP) is 4.89. The van der Waals surface area contributed by atoms with Gasteiger partial charge in [0.05, 0.1) is 39.3 Å². The third-order valence-electron chi connectivity index (χ3n) is 6.31. The summed E-state index contributed by atoms with van der Waals surface area (Å²) >= 11 is 0. The molecule has 5 heteroatoms. The minimum atomic E-state index is 0.592. The van der Waals surface area contributed by atoms with E-state index in [-0.39, 0.29) is 0 Å². The van der Waals surface area contributed by atoms with Crippen LogP contribution < -0.4 is 9.47 Å². The SMILES string of the molecule is C/C=C(\C)OC.CC.COc1ccc(CN(C)C2C[C@H]3C4OC4C[C@@H]23)c(OC)c1. The van der Waals surface area contributed by atoms with Gasteiger partial charge in [-0.1, -0.05) is 26.0 Å². The Morgan fingerprint density at radius 2 is 1.86 bits per heavy atom. The molecule has 1 saturated heterocycles. The van der Waals surface area contributed by atoms with Crippen LogP contribution in [0.5, 0.6) is 11.5 Å². The van der Waals surface area contributed by atoms with Crippen LogP contribution in [0.4, 0.5) is 0 Å². The molecule has 5 nitrogen and oxygen atoms in total. The van der Waals surface area contributed by atoms with Crippen LogP contribution >= 0.6 is 0 Å². The van der Waals surface area contributed by atoms with Crippen molar-refractivity contribution >= 4 is 0 Å². The molecule has 2 aliphatic carbocycles. The highest BCUT2D eigenvalue weighted by Gasteiger charge is 2.63. The van der Waals surface area contributed by atoms with E-state index in [0.717, 1.165) is 35.6 Å². The Hall–Kier alpha value is -1.72. The number of benzene rings is 1. The van der Waals surface area contributed by atoms with Crippen molar-refractivity contribution in [3.8, 4) is 11.5 Å².